The molecule has 0 aromatic heterocycles. The molecular formula is C22H31NO14. The summed E-state index contributed by atoms with van der Waals surface area (Å²) in [6, 6.07) is -1.35. The lowest BCUT2D eigenvalue weighted by Crippen LogP contribution is -2.69. The molecule has 1 saturated heterocycles. The van der Waals surface area contributed by atoms with Crippen LogP contribution in [0.3, 0.4) is 0 Å². The molecule has 1 aliphatic heterocycles. The maximum absolute atomic E-state index is 12.8. The first-order chi connectivity index (χ1) is 17.1. The van der Waals surface area contributed by atoms with Gasteiger partial charge in [-0.3, -0.25) is 28.8 Å². The molecule has 15 nitrogen and oxygen atoms in total. The second kappa shape index (κ2) is 13.5. The highest BCUT2D eigenvalue weighted by Crippen LogP contribution is 2.37. The minimum absolute atomic E-state index is 0.630. The fourth-order valence-electron chi connectivity index (χ4n) is 3.74. The van der Waals surface area contributed by atoms with Gasteiger partial charge in [0.05, 0.1) is 19.6 Å². The Morgan fingerprint density at radius 1 is 0.865 bits per heavy atom. The van der Waals surface area contributed by atoms with E-state index in [1.165, 1.54) is 0 Å². The molecule has 0 aromatic rings. The zero-order valence-electron chi connectivity index (χ0n) is 21.5. The lowest BCUT2D eigenvalue weighted by Gasteiger charge is -2.48. The number of amides is 1. The predicted octanol–water partition coefficient (Wildman–Crippen LogP) is -0.929. The van der Waals surface area contributed by atoms with Gasteiger partial charge in [-0.2, -0.15) is 0 Å². The molecule has 1 rings (SSSR count). The van der Waals surface area contributed by atoms with Crippen LogP contribution in [0.25, 0.3) is 0 Å². The summed E-state index contributed by atoms with van der Waals surface area (Å²) < 4.78 is 36.6. The van der Waals surface area contributed by atoms with E-state index >= 15 is 0 Å². The number of hydrogen-bond acceptors (Lipinski definition) is 14. The Labute approximate surface area is 212 Å². The fourth-order valence-corrected chi connectivity index (χ4v) is 3.74. The Bertz CT molecular complexity index is 917. The van der Waals surface area contributed by atoms with Crippen LogP contribution in [-0.2, 0) is 66.7 Å². The summed E-state index contributed by atoms with van der Waals surface area (Å²) in [4.78, 5) is 84.1. The Morgan fingerprint density at radius 2 is 1.46 bits per heavy atom. The summed E-state index contributed by atoms with van der Waals surface area (Å²) in [5.74, 6) is -8.84. The molecule has 0 spiro atoms. The smallest absolute Gasteiger partial charge is 0.379 e. The summed E-state index contributed by atoms with van der Waals surface area (Å²) in [5, 5.41) is 2.49. The average Bonchev–Trinajstić information content (AvgIpc) is 2.74. The monoisotopic (exact) mass is 533 g/mol. The van der Waals surface area contributed by atoms with Gasteiger partial charge in [0.15, 0.2) is 12.2 Å². The minimum Gasteiger partial charge on any atom is -0.464 e. The summed E-state index contributed by atoms with van der Waals surface area (Å²) >= 11 is 0. The van der Waals surface area contributed by atoms with Crippen LogP contribution in [0, 0.1) is 0 Å². The Kier molecular flexibility index (Phi) is 11.4. The predicted molar refractivity (Wildman–Crippen MR) is 117 cm³/mol. The highest BCUT2D eigenvalue weighted by atomic mass is 16.8. The molecule has 0 bridgehead atoms. The van der Waals surface area contributed by atoms with Crippen LogP contribution in [0.4, 0.5) is 0 Å². The van der Waals surface area contributed by atoms with Crippen LogP contribution >= 0.6 is 0 Å². The van der Waals surface area contributed by atoms with Gasteiger partial charge in [0.2, 0.25) is 5.91 Å². The molecule has 1 N–H and O–H groups in total. The second-order valence-electron chi connectivity index (χ2n) is 8.02. The number of esters is 6. The van der Waals surface area contributed by atoms with Gasteiger partial charge in [0, 0.05) is 41.5 Å². The Hall–Kier alpha value is -3.75. The van der Waals surface area contributed by atoms with Crippen LogP contribution in [0.1, 0.15) is 48.0 Å². The lowest BCUT2D eigenvalue weighted by molar-refractivity contribution is -0.304. The third-order valence-corrected chi connectivity index (χ3v) is 4.80. The number of rotatable bonds is 10. The van der Waals surface area contributed by atoms with Gasteiger partial charge in [-0.1, -0.05) is 0 Å². The van der Waals surface area contributed by atoms with Gasteiger partial charge in [-0.05, 0) is 0 Å². The molecule has 0 saturated carbocycles. The van der Waals surface area contributed by atoms with E-state index in [0.29, 0.717) is 0 Å². The fraction of sp³-hybridized carbons (Fsp3) is 0.682. The zero-order chi connectivity index (χ0) is 28.5. The third-order valence-electron chi connectivity index (χ3n) is 4.80. The zero-order valence-corrected chi connectivity index (χ0v) is 21.5. The van der Waals surface area contributed by atoms with Crippen molar-refractivity contribution >= 4 is 41.7 Å². The van der Waals surface area contributed by atoms with Crippen molar-refractivity contribution in [2.45, 2.75) is 84.2 Å². The molecule has 6 atom stereocenters. The minimum atomic E-state index is -2.54. The average molecular weight is 533 g/mol. The first-order valence-electron chi connectivity index (χ1n) is 11.0. The molecule has 0 aromatic carbocycles. The van der Waals surface area contributed by atoms with Crippen LogP contribution in [0.15, 0.2) is 0 Å². The van der Waals surface area contributed by atoms with E-state index in [4.69, 9.17) is 33.2 Å². The highest BCUT2D eigenvalue weighted by molar-refractivity contribution is 5.82. The summed E-state index contributed by atoms with van der Waals surface area (Å²) in [5.41, 5.74) is 0. The summed E-state index contributed by atoms with van der Waals surface area (Å²) in [7, 11) is 0.971. The molecule has 1 heterocycles. The topological polar surface area (TPSA) is 196 Å². The van der Waals surface area contributed by atoms with E-state index in [1.807, 2.05) is 0 Å². The third kappa shape index (κ3) is 9.33. The molecule has 1 amide bonds. The number of carbonyl (C=O) groups is 7. The highest BCUT2D eigenvalue weighted by Gasteiger charge is 2.60. The van der Waals surface area contributed by atoms with Gasteiger partial charge >= 0.3 is 41.6 Å². The van der Waals surface area contributed by atoms with Crippen LogP contribution in [0.2, 0.25) is 0 Å². The number of carbonyl (C=O) groups excluding carboxylic acids is 7. The van der Waals surface area contributed by atoms with Crippen molar-refractivity contribution in [3.8, 4) is 0 Å². The van der Waals surface area contributed by atoms with E-state index in [9.17, 15) is 33.6 Å². The molecule has 6 unspecified atom stereocenters. The van der Waals surface area contributed by atoms with E-state index in [1.54, 1.807) is 0 Å². The van der Waals surface area contributed by atoms with Crippen molar-refractivity contribution < 1.29 is 66.7 Å². The normalized spacial score (nSPS) is 24.4. The van der Waals surface area contributed by atoms with Crippen molar-refractivity contribution in [3.05, 3.63) is 0 Å². The van der Waals surface area contributed by atoms with E-state index in [0.717, 1.165) is 48.7 Å². The molecular weight excluding hydrogens is 502 g/mol. The number of ether oxygens (including phenoxy) is 7. The molecule has 37 heavy (non-hydrogen) atoms. The number of hydrogen-bond donors (Lipinski definition) is 1. The quantitative estimate of drug-likeness (QED) is 0.267. The van der Waals surface area contributed by atoms with E-state index < -0.39 is 91.0 Å². The van der Waals surface area contributed by atoms with E-state index in [-0.39, 0.29) is 0 Å². The first kappa shape index (κ1) is 31.3. The van der Waals surface area contributed by atoms with Gasteiger partial charge in [-0.25, -0.2) is 4.79 Å². The van der Waals surface area contributed by atoms with Crippen molar-refractivity contribution in [2.75, 3.05) is 13.7 Å². The molecule has 0 aliphatic carbocycles. The maximum atomic E-state index is 12.8. The molecule has 15 heteroatoms. The van der Waals surface area contributed by atoms with Gasteiger partial charge in [-0.15, -0.1) is 0 Å². The summed E-state index contributed by atoms with van der Waals surface area (Å²) in [6.07, 6.45) is -6.98. The second-order valence-corrected chi connectivity index (χ2v) is 8.02. The standard InChI is InChI=1S/C22H31NO14/c1-10(24)23-18-16(33-12(3)26)8-22(21(30)31-7,36-15(6)29)37-20(18)19(35-14(5)28)17(34-13(4)27)9-32-11(2)25/h16-20H,8-9H2,1-7H3,(H,23,24). The van der Waals surface area contributed by atoms with Gasteiger partial charge in [0.25, 0.3) is 0 Å². The van der Waals surface area contributed by atoms with Crippen LogP contribution < -0.4 is 5.32 Å². The van der Waals surface area contributed by atoms with Crippen molar-refractivity contribution in [1.29, 1.82) is 0 Å². The molecule has 1 fully saturated rings. The lowest BCUT2D eigenvalue weighted by atomic mass is 9.88. The Balaban J connectivity index is 3.83. The molecule has 208 valence electrons. The van der Waals surface area contributed by atoms with Crippen LogP contribution in [-0.4, -0.2) is 91.7 Å². The van der Waals surface area contributed by atoms with Crippen molar-refractivity contribution in [2.24, 2.45) is 0 Å². The Morgan fingerprint density at radius 3 is 1.89 bits per heavy atom. The largest absolute Gasteiger partial charge is 0.464 e. The van der Waals surface area contributed by atoms with Crippen LogP contribution in [0.5, 0.6) is 0 Å². The van der Waals surface area contributed by atoms with Crippen molar-refractivity contribution in [1.82, 2.24) is 5.32 Å². The van der Waals surface area contributed by atoms with E-state index in [2.05, 4.69) is 5.32 Å². The number of methoxy groups -OCH3 is 1. The van der Waals surface area contributed by atoms with Gasteiger partial charge < -0.3 is 38.5 Å². The molecule has 1 aliphatic rings. The SMILES string of the molecule is COC(=O)C1(OC(C)=O)CC(OC(C)=O)C(NC(C)=O)C(C(OC(C)=O)C(COC(C)=O)OC(C)=O)O1. The number of nitrogens with one attached hydrogen (secondary N) is 1. The molecule has 0 radical (unpaired) electrons. The van der Waals surface area contributed by atoms with Crippen molar-refractivity contribution in [3.63, 3.8) is 0 Å². The first-order valence-corrected chi connectivity index (χ1v) is 11.0. The summed E-state index contributed by atoms with van der Waals surface area (Å²) in [6.45, 7) is 5.60. The van der Waals surface area contributed by atoms with Gasteiger partial charge in [0.1, 0.15) is 18.8 Å². The maximum Gasteiger partial charge on any atom is 0.379 e.